The molecule has 0 aliphatic rings. The molecule has 5 nitrogen and oxygen atoms in total. The molecule has 5 heteroatoms. The molecule has 0 spiro atoms. The molecule has 0 atom stereocenters. The molecule has 0 unspecified atom stereocenters. The van der Waals surface area contributed by atoms with E-state index in [9.17, 15) is 0 Å². The number of nitrogens with zero attached hydrogens (tertiary/aromatic N) is 2. The van der Waals surface area contributed by atoms with E-state index in [1.54, 1.807) is 19.2 Å². The van der Waals surface area contributed by atoms with Gasteiger partial charge in [-0.1, -0.05) is 18.2 Å². The van der Waals surface area contributed by atoms with Gasteiger partial charge in [-0.05, 0) is 24.3 Å². The zero-order valence-electron chi connectivity index (χ0n) is 10.8. The third kappa shape index (κ3) is 2.82. The van der Waals surface area contributed by atoms with Crippen LogP contribution in [0.4, 0.5) is 17.1 Å². The second-order valence-electron chi connectivity index (χ2n) is 3.78. The van der Waals surface area contributed by atoms with Gasteiger partial charge in [-0.3, -0.25) is 0 Å². The van der Waals surface area contributed by atoms with E-state index in [4.69, 9.17) is 15.2 Å². The van der Waals surface area contributed by atoms with Crippen molar-refractivity contribution < 1.29 is 9.47 Å². The van der Waals surface area contributed by atoms with E-state index < -0.39 is 0 Å². The summed E-state index contributed by atoms with van der Waals surface area (Å²) >= 11 is 0. The lowest BCUT2D eigenvalue weighted by Gasteiger charge is -2.11. The summed E-state index contributed by atoms with van der Waals surface area (Å²) in [5.41, 5.74) is 7.64. The molecule has 98 valence electrons. The Bertz CT molecular complexity index is 583. The zero-order valence-corrected chi connectivity index (χ0v) is 10.8. The fraction of sp³-hybridized carbons (Fsp3) is 0.143. The molecule has 2 rings (SSSR count). The first-order valence-electron chi connectivity index (χ1n) is 5.73. The first-order chi connectivity index (χ1) is 9.26. The van der Waals surface area contributed by atoms with Gasteiger partial charge in [-0.2, -0.15) is 5.11 Å². The highest BCUT2D eigenvalue weighted by Gasteiger charge is 2.12. The number of azo groups is 1. The molecule has 19 heavy (non-hydrogen) atoms. The van der Waals surface area contributed by atoms with Crippen LogP contribution in [-0.4, -0.2) is 14.2 Å². The summed E-state index contributed by atoms with van der Waals surface area (Å²) in [7, 11) is 3.07. The van der Waals surface area contributed by atoms with Crippen molar-refractivity contribution in [3.8, 4) is 11.5 Å². The SMILES string of the molecule is COc1c(N)ccc(N=Nc2ccccc2)c1OC. The predicted octanol–water partition coefficient (Wildman–Crippen LogP) is 3.70. The number of anilines is 1. The highest BCUT2D eigenvalue weighted by molar-refractivity contribution is 5.70. The minimum absolute atomic E-state index is 0.465. The lowest BCUT2D eigenvalue weighted by molar-refractivity contribution is 0.357. The van der Waals surface area contributed by atoms with Crippen molar-refractivity contribution in [3.63, 3.8) is 0 Å². The molecule has 0 radical (unpaired) electrons. The van der Waals surface area contributed by atoms with Crippen molar-refractivity contribution in [1.82, 2.24) is 0 Å². The lowest BCUT2D eigenvalue weighted by atomic mass is 10.2. The van der Waals surface area contributed by atoms with Gasteiger partial charge < -0.3 is 15.2 Å². The Balaban J connectivity index is 2.38. The molecule has 0 aliphatic heterocycles. The largest absolute Gasteiger partial charge is 0.491 e. The van der Waals surface area contributed by atoms with Crippen LogP contribution in [0.1, 0.15) is 0 Å². The van der Waals surface area contributed by atoms with Crippen LogP contribution in [0.5, 0.6) is 11.5 Å². The number of ether oxygens (including phenoxy) is 2. The van der Waals surface area contributed by atoms with E-state index in [1.165, 1.54) is 7.11 Å². The quantitative estimate of drug-likeness (QED) is 0.670. The summed E-state index contributed by atoms with van der Waals surface area (Å²) < 4.78 is 10.5. The summed E-state index contributed by atoms with van der Waals surface area (Å²) in [5, 5.41) is 8.30. The summed E-state index contributed by atoms with van der Waals surface area (Å²) in [6.45, 7) is 0. The van der Waals surface area contributed by atoms with Gasteiger partial charge in [-0.25, -0.2) is 0 Å². The Hall–Kier alpha value is -2.56. The maximum Gasteiger partial charge on any atom is 0.190 e. The molecule has 0 aromatic heterocycles. The van der Waals surface area contributed by atoms with E-state index in [2.05, 4.69) is 10.2 Å². The Morgan fingerprint density at radius 2 is 1.53 bits per heavy atom. The average Bonchev–Trinajstić information content (AvgIpc) is 2.46. The van der Waals surface area contributed by atoms with Crippen LogP contribution in [0.15, 0.2) is 52.7 Å². The number of hydrogen-bond donors (Lipinski definition) is 1. The monoisotopic (exact) mass is 257 g/mol. The smallest absolute Gasteiger partial charge is 0.190 e. The van der Waals surface area contributed by atoms with Gasteiger partial charge in [0.2, 0.25) is 0 Å². The first kappa shape index (κ1) is 12.9. The number of benzene rings is 2. The fourth-order valence-electron chi connectivity index (χ4n) is 1.66. The summed E-state index contributed by atoms with van der Waals surface area (Å²) in [6.07, 6.45) is 0. The number of hydrogen-bond acceptors (Lipinski definition) is 5. The van der Waals surface area contributed by atoms with Gasteiger partial charge in [0.1, 0.15) is 5.69 Å². The van der Waals surface area contributed by atoms with E-state index in [1.807, 2.05) is 30.3 Å². The fourth-order valence-corrected chi connectivity index (χ4v) is 1.66. The van der Waals surface area contributed by atoms with Crippen LogP contribution >= 0.6 is 0 Å². The van der Waals surface area contributed by atoms with E-state index >= 15 is 0 Å². The molecule has 2 aromatic carbocycles. The van der Waals surface area contributed by atoms with Crippen LogP contribution in [-0.2, 0) is 0 Å². The summed E-state index contributed by atoms with van der Waals surface area (Å²) in [6, 6.07) is 12.9. The molecular formula is C14H15N3O2. The molecule has 0 fully saturated rings. The van der Waals surface area contributed by atoms with Gasteiger partial charge >= 0.3 is 0 Å². The average molecular weight is 257 g/mol. The molecule has 0 aliphatic carbocycles. The molecule has 0 saturated heterocycles. The van der Waals surface area contributed by atoms with Crippen LogP contribution in [0, 0.1) is 0 Å². The molecule has 2 aromatic rings. The maximum absolute atomic E-state index is 5.81. The van der Waals surface area contributed by atoms with E-state index in [0.29, 0.717) is 22.9 Å². The zero-order chi connectivity index (χ0) is 13.7. The summed E-state index contributed by atoms with van der Waals surface area (Å²) in [4.78, 5) is 0. The lowest BCUT2D eigenvalue weighted by Crippen LogP contribution is -1.96. The minimum Gasteiger partial charge on any atom is -0.491 e. The van der Waals surface area contributed by atoms with E-state index in [0.717, 1.165) is 5.69 Å². The number of rotatable bonds is 4. The number of nitrogen functional groups attached to an aromatic ring is 1. The van der Waals surface area contributed by atoms with Crippen molar-refractivity contribution >= 4 is 17.1 Å². The normalized spacial score (nSPS) is 10.6. The Morgan fingerprint density at radius 1 is 0.842 bits per heavy atom. The third-order valence-corrected chi connectivity index (χ3v) is 2.56. The Labute approximate surface area is 111 Å². The standard InChI is InChI=1S/C14H15N3O2/c1-18-13-11(15)8-9-12(14(13)19-2)17-16-10-6-4-3-5-7-10/h3-9H,15H2,1-2H3. The van der Waals surface area contributed by atoms with Crippen molar-refractivity contribution in [2.45, 2.75) is 0 Å². The van der Waals surface area contributed by atoms with Gasteiger partial charge in [0.25, 0.3) is 0 Å². The number of methoxy groups -OCH3 is 2. The molecule has 0 amide bonds. The maximum atomic E-state index is 5.81. The van der Waals surface area contributed by atoms with Gasteiger partial charge in [0, 0.05) is 0 Å². The van der Waals surface area contributed by atoms with Gasteiger partial charge in [0.15, 0.2) is 11.5 Å². The Kier molecular flexibility index (Phi) is 3.97. The molecule has 0 saturated carbocycles. The molecular weight excluding hydrogens is 242 g/mol. The predicted molar refractivity (Wildman–Crippen MR) is 74.6 cm³/mol. The first-order valence-corrected chi connectivity index (χ1v) is 5.73. The van der Waals surface area contributed by atoms with E-state index in [-0.39, 0.29) is 0 Å². The third-order valence-electron chi connectivity index (χ3n) is 2.56. The molecule has 0 heterocycles. The van der Waals surface area contributed by atoms with Crippen molar-refractivity contribution in [2.24, 2.45) is 10.2 Å². The van der Waals surface area contributed by atoms with Crippen LogP contribution in [0.25, 0.3) is 0 Å². The summed E-state index contributed by atoms with van der Waals surface area (Å²) in [5.74, 6) is 0.939. The Morgan fingerprint density at radius 3 is 2.16 bits per heavy atom. The molecule has 0 bridgehead atoms. The molecule has 2 N–H and O–H groups in total. The topological polar surface area (TPSA) is 69.2 Å². The minimum atomic E-state index is 0.465. The van der Waals surface area contributed by atoms with Crippen LogP contribution in [0.3, 0.4) is 0 Å². The second kappa shape index (κ2) is 5.86. The second-order valence-corrected chi connectivity index (χ2v) is 3.78. The van der Waals surface area contributed by atoms with Gasteiger partial charge in [0.05, 0.1) is 25.6 Å². The van der Waals surface area contributed by atoms with Gasteiger partial charge in [-0.15, -0.1) is 5.11 Å². The highest BCUT2D eigenvalue weighted by atomic mass is 16.5. The van der Waals surface area contributed by atoms with Crippen LogP contribution < -0.4 is 15.2 Å². The van der Waals surface area contributed by atoms with Crippen molar-refractivity contribution in [3.05, 3.63) is 42.5 Å². The van der Waals surface area contributed by atoms with Crippen molar-refractivity contribution in [1.29, 1.82) is 0 Å². The van der Waals surface area contributed by atoms with Crippen molar-refractivity contribution in [2.75, 3.05) is 20.0 Å². The number of nitrogens with two attached hydrogens (primary N) is 1. The van der Waals surface area contributed by atoms with Crippen LogP contribution in [0.2, 0.25) is 0 Å². The highest BCUT2D eigenvalue weighted by Crippen LogP contribution is 2.41.